The molecule has 2 rings (SSSR count). The predicted octanol–water partition coefficient (Wildman–Crippen LogP) is 1.20. The SMILES string of the molecule is CC(C)(C)OC(=O)N1C(=O)C=C[C@H]1[C@H](O)[C@H]1COC(C)(C)O1. The van der Waals surface area contributed by atoms with Crippen LogP contribution in [0.5, 0.6) is 0 Å². The van der Waals surface area contributed by atoms with Gasteiger partial charge in [-0.2, -0.15) is 0 Å². The van der Waals surface area contributed by atoms with Crippen molar-refractivity contribution < 1.29 is 28.9 Å². The van der Waals surface area contributed by atoms with Crippen molar-refractivity contribution in [2.24, 2.45) is 0 Å². The zero-order valence-corrected chi connectivity index (χ0v) is 13.5. The quantitative estimate of drug-likeness (QED) is 0.824. The van der Waals surface area contributed by atoms with Crippen LogP contribution < -0.4 is 0 Å². The summed E-state index contributed by atoms with van der Waals surface area (Å²) in [4.78, 5) is 25.0. The number of amides is 2. The highest BCUT2D eigenvalue weighted by Crippen LogP contribution is 2.28. The van der Waals surface area contributed by atoms with Gasteiger partial charge in [-0.25, -0.2) is 9.69 Å². The van der Waals surface area contributed by atoms with E-state index in [1.54, 1.807) is 34.6 Å². The van der Waals surface area contributed by atoms with E-state index in [1.807, 2.05) is 0 Å². The van der Waals surface area contributed by atoms with Gasteiger partial charge in [0.2, 0.25) is 0 Å². The summed E-state index contributed by atoms with van der Waals surface area (Å²) in [5.41, 5.74) is -0.732. The number of hydrogen-bond donors (Lipinski definition) is 1. The molecule has 124 valence electrons. The second-order valence-electron chi connectivity index (χ2n) is 6.90. The first kappa shape index (κ1) is 16.9. The largest absolute Gasteiger partial charge is 0.443 e. The average Bonchev–Trinajstić information content (AvgIpc) is 2.89. The van der Waals surface area contributed by atoms with Crippen molar-refractivity contribution in [3.05, 3.63) is 12.2 Å². The molecule has 0 aromatic heterocycles. The molecule has 22 heavy (non-hydrogen) atoms. The molecule has 0 spiro atoms. The summed E-state index contributed by atoms with van der Waals surface area (Å²) in [6, 6.07) is -0.829. The molecule has 0 saturated carbocycles. The molecule has 2 aliphatic heterocycles. The summed E-state index contributed by atoms with van der Waals surface area (Å²) in [7, 11) is 0. The summed E-state index contributed by atoms with van der Waals surface area (Å²) in [5, 5.41) is 10.5. The summed E-state index contributed by atoms with van der Waals surface area (Å²) in [5.74, 6) is -1.31. The van der Waals surface area contributed by atoms with Crippen LogP contribution in [0.15, 0.2) is 12.2 Å². The summed E-state index contributed by atoms with van der Waals surface area (Å²) in [6.07, 6.45) is 0.229. The molecule has 0 radical (unpaired) electrons. The molecular weight excluding hydrogens is 290 g/mol. The molecule has 0 bridgehead atoms. The van der Waals surface area contributed by atoms with E-state index >= 15 is 0 Å². The lowest BCUT2D eigenvalue weighted by atomic mass is 10.1. The summed E-state index contributed by atoms with van der Waals surface area (Å²) >= 11 is 0. The highest BCUT2D eigenvalue weighted by molar-refractivity contribution is 6.01. The van der Waals surface area contributed by atoms with Crippen LogP contribution in [0.25, 0.3) is 0 Å². The van der Waals surface area contributed by atoms with Gasteiger partial charge < -0.3 is 19.3 Å². The van der Waals surface area contributed by atoms with Crippen molar-refractivity contribution in [1.82, 2.24) is 4.90 Å². The van der Waals surface area contributed by atoms with Crippen molar-refractivity contribution in [1.29, 1.82) is 0 Å². The van der Waals surface area contributed by atoms with Gasteiger partial charge in [-0.05, 0) is 34.6 Å². The van der Waals surface area contributed by atoms with Gasteiger partial charge in [-0.15, -0.1) is 0 Å². The first-order valence-electron chi connectivity index (χ1n) is 7.24. The third-order valence-electron chi connectivity index (χ3n) is 3.32. The number of aliphatic hydroxyl groups is 1. The minimum Gasteiger partial charge on any atom is -0.443 e. The van der Waals surface area contributed by atoms with Crippen molar-refractivity contribution in [3.8, 4) is 0 Å². The number of rotatable bonds is 2. The van der Waals surface area contributed by atoms with Crippen molar-refractivity contribution in [2.75, 3.05) is 6.61 Å². The predicted molar refractivity (Wildman–Crippen MR) is 76.9 cm³/mol. The van der Waals surface area contributed by atoms with E-state index in [0.717, 1.165) is 4.90 Å². The molecule has 1 N–H and O–H groups in total. The number of nitrogens with zero attached hydrogens (tertiary/aromatic N) is 1. The standard InChI is InChI=1S/C15H23NO6/c1-14(2,3)22-13(19)16-9(6-7-11(16)17)12(18)10-8-20-15(4,5)21-10/h6-7,9-10,12,18H,8H2,1-5H3/t9-,10+,12-/m0/s1. The Morgan fingerprint density at radius 2 is 2.14 bits per heavy atom. The van der Waals surface area contributed by atoms with E-state index in [-0.39, 0.29) is 6.61 Å². The first-order chi connectivity index (χ1) is 10.0. The Kier molecular flexibility index (Phi) is 4.34. The van der Waals surface area contributed by atoms with Gasteiger partial charge in [-0.3, -0.25) is 4.79 Å². The van der Waals surface area contributed by atoms with Crippen LogP contribution >= 0.6 is 0 Å². The van der Waals surface area contributed by atoms with Gasteiger partial charge in [0.25, 0.3) is 5.91 Å². The molecule has 2 aliphatic rings. The second-order valence-corrected chi connectivity index (χ2v) is 6.90. The number of carbonyl (C=O) groups excluding carboxylic acids is 2. The van der Waals surface area contributed by atoms with Gasteiger partial charge in [0, 0.05) is 6.08 Å². The fourth-order valence-corrected chi connectivity index (χ4v) is 2.39. The Morgan fingerprint density at radius 3 is 2.64 bits per heavy atom. The molecule has 7 nitrogen and oxygen atoms in total. The Bertz CT molecular complexity index is 493. The van der Waals surface area contributed by atoms with Crippen LogP contribution in [0, 0.1) is 0 Å². The Hall–Kier alpha value is -1.44. The Labute approximate surface area is 129 Å². The number of carbonyl (C=O) groups is 2. The van der Waals surface area contributed by atoms with E-state index < -0.39 is 41.6 Å². The van der Waals surface area contributed by atoms with E-state index in [4.69, 9.17) is 14.2 Å². The maximum Gasteiger partial charge on any atom is 0.417 e. The smallest absolute Gasteiger partial charge is 0.417 e. The van der Waals surface area contributed by atoms with Crippen LogP contribution in [0.1, 0.15) is 34.6 Å². The molecule has 1 fully saturated rings. The highest BCUT2D eigenvalue weighted by Gasteiger charge is 2.45. The Morgan fingerprint density at radius 1 is 1.50 bits per heavy atom. The third kappa shape index (κ3) is 3.66. The van der Waals surface area contributed by atoms with Gasteiger partial charge in [0.05, 0.1) is 12.6 Å². The van der Waals surface area contributed by atoms with Crippen LogP contribution in [0.4, 0.5) is 4.79 Å². The molecule has 0 aromatic carbocycles. The van der Waals surface area contributed by atoms with Crippen molar-refractivity contribution >= 4 is 12.0 Å². The van der Waals surface area contributed by atoms with Crippen LogP contribution in [-0.2, 0) is 19.0 Å². The van der Waals surface area contributed by atoms with Gasteiger partial charge in [-0.1, -0.05) is 6.08 Å². The molecule has 3 atom stereocenters. The lowest BCUT2D eigenvalue weighted by Gasteiger charge is -2.31. The average molecular weight is 313 g/mol. The van der Waals surface area contributed by atoms with Crippen molar-refractivity contribution in [3.63, 3.8) is 0 Å². The van der Waals surface area contributed by atoms with Crippen LogP contribution in [0.2, 0.25) is 0 Å². The lowest BCUT2D eigenvalue weighted by molar-refractivity contribution is -0.155. The molecule has 0 aliphatic carbocycles. The van der Waals surface area contributed by atoms with E-state index in [9.17, 15) is 14.7 Å². The molecule has 0 aromatic rings. The minimum atomic E-state index is -1.09. The lowest BCUT2D eigenvalue weighted by Crippen LogP contribution is -2.51. The van der Waals surface area contributed by atoms with E-state index in [2.05, 4.69) is 0 Å². The molecule has 2 amide bonds. The number of imide groups is 1. The monoisotopic (exact) mass is 313 g/mol. The van der Waals surface area contributed by atoms with E-state index in [1.165, 1.54) is 12.2 Å². The van der Waals surface area contributed by atoms with Crippen LogP contribution in [0.3, 0.4) is 0 Å². The fraction of sp³-hybridized carbons (Fsp3) is 0.733. The summed E-state index contributed by atoms with van der Waals surface area (Å²) < 4.78 is 16.2. The normalized spacial score (nSPS) is 29.0. The Balaban J connectivity index is 2.10. The molecule has 7 heteroatoms. The zero-order chi connectivity index (χ0) is 16.7. The molecule has 1 saturated heterocycles. The summed E-state index contributed by atoms with van der Waals surface area (Å²) in [6.45, 7) is 8.79. The van der Waals surface area contributed by atoms with Crippen LogP contribution in [-0.4, -0.2) is 58.3 Å². The number of ether oxygens (including phenoxy) is 3. The second kappa shape index (κ2) is 5.64. The van der Waals surface area contributed by atoms with E-state index in [0.29, 0.717) is 0 Å². The molecular formula is C15H23NO6. The topological polar surface area (TPSA) is 85.3 Å². The minimum absolute atomic E-state index is 0.189. The maximum atomic E-state index is 12.2. The van der Waals surface area contributed by atoms with Crippen molar-refractivity contribution in [2.45, 2.75) is 64.3 Å². The fourth-order valence-electron chi connectivity index (χ4n) is 2.39. The zero-order valence-electron chi connectivity index (χ0n) is 13.5. The van der Waals surface area contributed by atoms with Gasteiger partial charge in [0.15, 0.2) is 5.79 Å². The molecule has 0 unspecified atom stereocenters. The van der Waals surface area contributed by atoms with Gasteiger partial charge >= 0.3 is 6.09 Å². The third-order valence-corrected chi connectivity index (χ3v) is 3.32. The number of hydrogen-bond acceptors (Lipinski definition) is 6. The highest BCUT2D eigenvalue weighted by atomic mass is 16.7. The van der Waals surface area contributed by atoms with Gasteiger partial charge in [0.1, 0.15) is 17.8 Å². The molecule has 2 heterocycles. The number of aliphatic hydroxyl groups excluding tert-OH is 1. The first-order valence-corrected chi connectivity index (χ1v) is 7.24. The maximum absolute atomic E-state index is 12.2.